The van der Waals surface area contributed by atoms with Gasteiger partial charge in [-0.05, 0) is 31.5 Å². The first kappa shape index (κ1) is 11.0. The first-order valence-corrected chi connectivity index (χ1v) is 4.60. The van der Waals surface area contributed by atoms with Crippen molar-refractivity contribution >= 4 is 0 Å². The van der Waals surface area contributed by atoms with Crippen LogP contribution in [0, 0.1) is 0 Å². The van der Waals surface area contributed by atoms with Crippen LogP contribution >= 0.6 is 0 Å². The highest BCUT2D eigenvalue weighted by atomic mass is 16.7. The van der Waals surface area contributed by atoms with E-state index in [9.17, 15) is 0 Å². The van der Waals surface area contributed by atoms with Crippen LogP contribution in [0.3, 0.4) is 0 Å². The molecule has 1 rings (SSSR count). The zero-order chi connectivity index (χ0) is 10.6. The maximum Gasteiger partial charge on any atom is 0.155 e. The number of benzene rings is 1. The summed E-state index contributed by atoms with van der Waals surface area (Å²) in [6.07, 6.45) is -0.260. The number of methoxy groups -OCH3 is 1. The third-order valence-electron chi connectivity index (χ3n) is 2.09. The molecule has 3 nitrogen and oxygen atoms in total. The second kappa shape index (κ2) is 4.98. The van der Waals surface area contributed by atoms with Gasteiger partial charge < -0.3 is 14.6 Å². The predicted octanol–water partition coefficient (Wildman–Crippen LogP) is 2.46. The van der Waals surface area contributed by atoms with Gasteiger partial charge in [0.1, 0.15) is 5.75 Å². The van der Waals surface area contributed by atoms with Gasteiger partial charge in [-0.15, -0.1) is 0 Å². The van der Waals surface area contributed by atoms with Crippen molar-refractivity contribution in [3.05, 3.63) is 29.8 Å². The van der Waals surface area contributed by atoms with Crippen molar-refractivity contribution in [2.75, 3.05) is 7.11 Å². The fourth-order valence-electron chi connectivity index (χ4n) is 1.17. The highest BCUT2D eigenvalue weighted by molar-refractivity contribution is 5.27. The van der Waals surface area contributed by atoms with Crippen LogP contribution in [0.1, 0.15) is 25.5 Å². The minimum Gasteiger partial charge on any atom is -0.508 e. The molecule has 14 heavy (non-hydrogen) atoms. The van der Waals surface area contributed by atoms with Crippen LogP contribution in [-0.4, -0.2) is 18.5 Å². The summed E-state index contributed by atoms with van der Waals surface area (Å²) in [6, 6.07) is 6.96. The van der Waals surface area contributed by atoms with Crippen molar-refractivity contribution in [1.82, 2.24) is 0 Å². The van der Waals surface area contributed by atoms with E-state index in [1.807, 2.05) is 26.0 Å². The van der Waals surface area contributed by atoms with Gasteiger partial charge in [0.2, 0.25) is 0 Å². The monoisotopic (exact) mass is 196 g/mol. The standard InChI is InChI=1S/C11H16O3/c1-8(14-9(2)13-3)10-4-6-11(12)7-5-10/h4-9,12H,1-3H3. The average molecular weight is 196 g/mol. The summed E-state index contributed by atoms with van der Waals surface area (Å²) in [7, 11) is 1.61. The molecule has 1 N–H and O–H groups in total. The van der Waals surface area contributed by atoms with Crippen molar-refractivity contribution in [1.29, 1.82) is 0 Å². The number of rotatable bonds is 4. The van der Waals surface area contributed by atoms with E-state index in [1.54, 1.807) is 19.2 Å². The largest absolute Gasteiger partial charge is 0.508 e. The lowest BCUT2D eigenvalue weighted by Gasteiger charge is -2.18. The summed E-state index contributed by atoms with van der Waals surface area (Å²) in [4.78, 5) is 0. The summed E-state index contributed by atoms with van der Waals surface area (Å²) in [5, 5.41) is 9.10. The molecule has 0 aliphatic carbocycles. The van der Waals surface area contributed by atoms with Crippen LogP contribution in [-0.2, 0) is 9.47 Å². The van der Waals surface area contributed by atoms with E-state index < -0.39 is 0 Å². The lowest BCUT2D eigenvalue weighted by molar-refractivity contribution is -0.140. The Bertz CT molecular complexity index is 268. The predicted molar refractivity (Wildman–Crippen MR) is 54.1 cm³/mol. The van der Waals surface area contributed by atoms with Crippen molar-refractivity contribution in [2.24, 2.45) is 0 Å². The van der Waals surface area contributed by atoms with Gasteiger partial charge in [-0.2, -0.15) is 0 Å². The van der Waals surface area contributed by atoms with E-state index in [4.69, 9.17) is 14.6 Å². The van der Waals surface area contributed by atoms with Crippen LogP contribution < -0.4 is 0 Å². The number of phenols is 1. The zero-order valence-electron chi connectivity index (χ0n) is 8.73. The van der Waals surface area contributed by atoms with E-state index in [0.717, 1.165) is 5.56 Å². The summed E-state index contributed by atoms with van der Waals surface area (Å²) in [5.74, 6) is 0.265. The molecule has 0 aliphatic heterocycles. The van der Waals surface area contributed by atoms with Gasteiger partial charge in [0, 0.05) is 7.11 Å². The average Bonchev–Trinajstić information content (AvgIpc) is 2.18. The highest BCUT2D eigenvalue weighted by Gasteiger charge is 2.09. The second-order valence-corrected chi connectivity index (χ2v) is 3.17. The normalized spacial score (nSPS) is 15.1. The van der Waals surface area contributed by atoms with Crippen molar-refractivity contribution in [3.63, 3.8) is 0 Å². The third-order valence-corrected chi connectivity index (χ3v) is 2.09. The molecule has 0 aromatic heterocycles. The zero-order valence-corrected chi connectivity index (χ0v) is 8.73. The van der Waals surface area contributed by atoms with E-state index in [1.165, 1.54) is 0 Å². The van der Waals surface area contributed by atoms with Crippen LogP contribution in [0.4, 0.5) is 0 Å². The number of phenolic OH excluding ortho intramolecular Hbond substituents is 1. The number of aromatic hydroxyl groups is 1. The molecule has 2 unspecified atom stereocenters. The van der Waals surface area contributed by atoms with Crippen LogP contribution in [0.15, 0.2) is 24.3 Å². The van der Waals surface area contributed by atoms with Crippen molar-refractivity contribution < 1.29 is 14.6 Å². The molecule has 0 radical (unpaired) electrons. The van der Waals surface area contributed by atoms with E-state index in [0.29, 0.717) is 0 Å². The number of hydrogen-bond donors (Lipinski definition) is 1. The summed E-state index contributed by atoms with van der Waals surface area (Å²) >= 11 is 0. The Morgan fingerprint density at radius 2 is 1.71 bits per heavy atom. The maximum absolute atomic E-state index is 9.10. The van der Waals surface area contributed by atoms with Gasteiger partial charge in [-0.1, -0.05) is 12.1 Å². The van der Waals surface area contributed by atoms with Gasteiger partial charge in [0.05, 0.1) is 6.10 Å². The fraction of sp³-hybridized carbons (Fsp3) is 0.455. The molecule has 0 fully saturated rings. The number of ether oxygens (including phenoxy) is 2. The first-order chi connectivity index (χ1) is 6.63. The Labute approximate surface area is 84.3 Å². The highest BCUT2D eigenvalue weighted by Crippen LogP contribution is 2.20. The van der Waals surface area contributed by atoms with Crippen LogP contribution in [0.25, 0.3) is 0 Å². The SMILES string of the molecule is COC(C)OC(C)c1ccc(O)cc1. The summed E-state index contributed by atoms with van der Waals surface area (Å²) in [5.41, 5.74) is 1.02. The molecule has 0 saturated heterocycles. The molecular weight excluding hydrogens is 180 g/mol. The lowest BCUT2D eigenvalue weighted by Crippen LogP contribution is -2.13. The van der Waals surface area contributed by atoms with Gasteiger partial charge in [0.25, 0.3) is 0 Å². The lowest BCUT2D eigenvalue weighted by atomic mass is 10.1. The summed E-state index contributed by atoms with van der Waals surface area (Å²) < 4.78 is 10.5. The molecule has 0 heterocycles. The maximum atomic E-state index is 9.10. The Kier molecular flexibility index (Phi) is 3.92. The Hall–Kier alpha value is -1.06. The van der Waals surface area contributed by atoms with Crippen molar-refractivity contribution in [3.8, 4) is 5.75 Å². The summed E-state index contributed by atoms with van der Waals surface area (Å²) in [6.45, 7) is 3.79. The molecule has 1 aromatic rings. The molecule has 78 valence electrons. The Morgan fingerprint density at radius 3 is 2.21 bits per heavy atom. The fourth-order valence-corrected chi connectivity index (χ4v) is 1.17. The van der Waals surface area contributed by atoms with Gasteiger partial charge >= 0.3 is 0 Å². The van der Waals surface area contributed by atoms with Gasteiger partial charge in [-0.3, -0.25) is 0 Å². The first-order valence-electron chi connectivity index (χ1n) is 4.60. The third kappa shape index (κ3) is 3.01. The smallest absolute Gasteiger partial charge is 0.155 e. The molecule has 1 aromatic carbocycles. The van der Waals surface area contributed by atoms with Crippen LogP contribution in [0.2, 0.25) is 0 Å². The molecule has 0 saturated carbocycles. The quantitative estimate of drug-likeness (QED) is 0.752. The molecule has 0 spiro atoms. The second-order valence-electron chi connectivity index (χ2n) is 3.17. The Morgan fingerprint density at radius 1 is 1.14 bits per heavy atom. The molecule has 0 aliphatic rings. The minimum absolute atomic E-state index is 0.0365. The molecule has 2 atom stereocenters. The van der Waals surface area contributed by atoms with Crippen molar-refractivity contribution in [2.45, 2.75) is 26.2 Å². The Balaban J connectivity index is 2.60. The minimum atomic E-state index is -0.223. The number of hydrogen-bond acceptors (Lipinski definition) is 3. The van der Waals surface area contributed by atoms with Crippen LogP contribution in [0.5, 0.6) is 5.75 Å². The topological polar surface area (TPSA) is 38.7 Å². The van der Waals surface area contributed by atoms with Gasteiger partial charge in [-0.25, -0.2) is 0 Å². The molecule has 0 amide bonds. The van der Waals surface area contributed by atoms with E-state index >= 15 is 0 Å². The molecule has 3 heteroatoms. The van der Waals surface area contributed by atoms with Gasteiger partial charge in [0.15, 0.2) is 6.29 Å². The van der Waals surface area contributed by atoms with E-state index in [2.05, 4.69) is 0 Å². The molecule has 0 bridgehead atoms. The molecular formula is C11H16O3. The van der Waals surface area contributed by atoms with E-state index in [-0.39, 0.29) is 18.1 Å².